The molecule has 0 atom stereocenters. The second-order valence-electron chi connectivity index (χ2n) is 5.54. The van der Waals surface area contributed by atoms with Crippen LogP contribution in [0.2, 0.25) is 0 Å². The van der Waals surface area contributed by atoms with Crippen LogP contribution in [0.1, 0.15) is 5.56 Å². The van der Waals surface area contributed by atoms with E-state index in [-0.39, 0.29) is 5.75 Å². The Balaban J connectivity index is 1.75. The van der Waals surface area contributed by atoms with E-state index in [1.54, 1.807) is 16.7 Å². The van der Waals surface area contributed by atoms with E-state index in [0.29, 0.717) is 23.3 Å². The molecule has 3 rings (SSSR count). The molecule has 2 aromatic heterocycles. The van der Waals surface area contributed by atoms with Gasteiger partial charge in [0.25, 0.3) is 0 Å². The SMILES string of the molecule is O=C(CSc1nnc(-c2ccco2)n1Cc1ccccc1)NCC(F)(F)F. The van der Waals surface area contributed by atoms with E-state index in [0.717, 1.165) is 17.3 Å². The number of halogens is 3. The van der Waals surface area contributed by atoms with Gasteiger partial charge in [-0.1, -0.05) is 42.1 Å². The van der Waals surface area contributed by atoms with Gasteiger partial charge in [0.05, 0.1) is 18.6 Å². The van der Waals surface area contributed by atoms with Gasteiger partial charge in [-0.05, 0) is 17.7 Å². The third-order valence-corrected chi connectivity index (χ3v) is 4.43. The van der Waals surface area contributed by atoms with Crippen molar-refractivity contribution in [2.24, 2.45) is 0 Å². The number of hydrogen-bond acceptors (Lipinski definition) is 5. The first-order chi connectivity index (χ1) is 12.9. The van der Waals surface area contributed by atoms with Crippen molar-refractivity contribution < 1.29 is 22.4 Å². The van der Waals surface area contributed by atoms with Gasteiger partial charge in [0.1, 0.15) is 6.54 Å². The molecule has 0 unspecified atom stereocenters. The minimum atomic E-state index is -4.44. The molecule has 0 radical (unpaired) electrons. The first kappa shape index (κ1) is 19.0. The Morgan fingerprint density at radius 2 is 1.93 bits per heavy atom. The molecule has 0 saturated heterocycles. The number of alkyl halides is 3. The normalized spacial score (nSPS) is 11.5. The van der Waals surface area contributed by atoms with Crippen molar-refractivity contribution in [2.75, 3.05) is 12.3 Å². The standard InChI is InChI=1S/C17H15F3N4O2S/c18-17(19,20)11-21-14(25)10-27-16-23-22-15(13-7-4-8-26-13)24(16)9-12-5-2-1-3-6-12/h1-8H,9-11H2,(H,21,25). The van der Waals surface area contributed by atoms with Gasteiger partial charge in [0.2, 0.25) is 11.7 Å². The molecule has 0 spiro atoms. The monoisotopic (exact) mass is 396 g/mol. The zero-order chi connectivity index (χ0) is 19.3. The number of hydrogen-bond donors (Lipinski definition) is 1. The maximum Gasteiger partial charge on any atom is 0.405 e. The van der Waals surface area contributed by atoms with Crippen LogP contribution in [-0.4, -0.2) is 39.1 Å². The molecule has 1 aromatic carbocycles. The van der Waals surface area contributed by atoms with Crippen molar-refractivity contribution in [3.05, 3.63) is 54.3 Å². The molecule has 1 amide bonds. The molecule has 0 bridgehead atoms. The Hall–Kier alpha value is -2.75. The smallest absolute Gasteiger partial charge is 0.405 e. The Bertz CT molecular complexity index is 879. The summed E-state index contributed by atoms with van der Waals surface area (Å²) in [6, 6.07) is 13.0. The zero-order valence-corrected chi connectivity index (χ0v) is 14.8. The Morgan fingerprint density at radius 1 is 1.15 bits per heavy atom. The molecule has 3 aromatic rings. The summed E-state index contributed by atoms with van der Waals surface area (Å²) in [4.78, 5) is 11.7. The number of nitrogens with one attached hydrogen (secondary N) is 1. The second-order valence-corrected chi connectivity index (χ2v) is 6.48. The lowest BCUT2D eigenvalue weighted by Crippen LogP contribution is -2.34. The summed E-state index contributed by atoms with van der Waals surface area (Å²) in [5, 5.41) is 10.4. The quantitative estimate of drug-likeness (QED) is 0.620. The molecule has 2 heterocycles. The van der Waals surface area contributed by atoms with Crippen molar-refractivity contribution >= 4 is 17.7 Å². The third kappa shape index (κ3) is 5.36. The van der Waals surface area contributed by atoms with Crippen LogP contribution in [0.25, 0.3) is 11.6 Å². The van der Waals surface area contributed by atoms with Crippen LogP contribution in [0.4, 0.5) is 13.2 Å². The van der Waals surface area contributed by atoms with Crippen LogP contribution < -0.4 is 5.32 Å². The van der Waals surface area contributed by atoms with Crippen LogP contribution in [0.3, 0.4) is 0 Å². The van der Waals surface area contributed by atoms with Gasteiger partial charge in [-0.3, -0.25) is 9.36 Å². The fraction of sp³-hybridized carbons (Fsp3) is 0.235. The number of rotatable bonds is 7. The summed E-state index contributed by atoms with van der Waals surface area (Å²) in [6.45, 7) is -0.933. The van der Waals surface area contributed by atoms with Crippen molar-refractivity contribution in [1.29, 1.82) is 0 Å². The number of furan rings is 1. The highest BCUT2D eigenvalue weighted by molar-refractivity contribution is 7.99. The maximum absolute atomic E-state index is 12.2. The number of carbonyl (C=O) groups excluding carboxylic acids is 1. The van der Waals surface area contributed by atoms with Gasteiger partial charge in [-0.2, -0.15) is 13.2 Å². The number of amides is 1. The van der Waals surface area contributed by atoms with E-state index in [2.05, 4.69) is 10.2 Å². The van der Waals surface area contributed by atoms with Crippen molar-refractivity contribution in [2.45, 2.75) is 17.9 Å². The summed E-state index contributed by atoms with van der Waals surface area (Å²) in [7, 11) is 0. The zero-order valence-electron chi connectivity index (χ0n) is 13.9. The van der Waals surface area contributed by atoms with Crippen LogP contribution in [-0.2, 0) is 11.3 Å². The van der Waals surface area contributed by atoms with Crippen molar-refractivity contribution in [3.8, 4) is 11.6 Å². The van der Waals surface area contributed by atoms with Crippen LogP contribution in [0.5, 0.6) is 0 Å². The molecular formula is C17H15F3N4O2S. The molecule has 0 aliphatic rings. The Kier molecular flexibility index (Phi) is 5.84. The summed E-state index contributed by atoms with van der Waals surface area (Å²) >= 11 is 1.01. The Labute approximate surface area is 156 Å². The average molecular weight is 396 g/mol. The summed E-state index contributed by atoms with van der Waals surface area (Å²) in [5.41, 5.74) is 0.980. The molecule has 0 aliphatic carbocycles. The number of carbonyl (C=O) groups is 1. The predicted molar refractivity (Wildman–Crippen MR) is 93.1 cm³/mol. The van der Waals surface area contributed by atoms with Gasteiger partial charge in [0, 0.05) is 0 Å². The van der Waals surface area contributed by atoms with Gasteiger partial charge < -0.3 is 9.73 Å². The minimum absolute atomic E-state index is 0.207. The van der Waals surface area contributed by atoms with E-state index in [4.69, 9.17) is 4.42 Å². The average Bonchev–Trinajstić information content (AvgIpc) is 3.28. The van der Waals surface area contributed by atoms with E-state index < -0.39 is 18.6 Å². The number of aromatic nitrogens is 3. The lowest BCUT2D eigenvalue weighted by molar-refractivity contribution is -0.136. The predicted octanol–water partition coefficient (Wildman–Crippen LogP) is 3.36. The molecule has 0 saturated carbocycles. The highest BCUT2D eigenvalue weighted by atomic mass is 32.2. The highest BCUT2D eigenvalue weighted by Gasteiger charge is 2.27. The maximum atomic E-state index is 12.2. The van der Waals surface area contributed by atoms with Gasteiger partial charge >= 0.3 is 6.18 Å². The molecule has 0 aliphatic heterocycles. The molecule has 142 valence electrons. The topological polar surface area (TPSA) is 73.0 Å². The lowest BCUT2D eigenvalue weighted by atomic mass is 10.2. The van der Waals surface area contributed by atoms with Gasteiger partial charge in [-0.15, -0.1) is 10.2 Å². The van der Waals surface area contributed by atoms with Crippen molar-refractivity contribution in [3.63, 3.8) is 0 Å². The summed E-state index contributed by atoms with van der Waals surface area (Å²) in [6.07, 6.45) is -2.94. The fourth-order valence-electron chi connectivity index (χ4n) is 2.27. The molecule has 27 heavy (non-hydrogen) atoms. The minimum Gasteiger partial charge on any atom is -0.461 e. The molecular weight excluding hydrogens is 381 g/mol. The van der Waals surface area contributed by atoms with E-state index in [9.17, 15) is 18.0 Å². The van der Waals surface area contributed by atoms with Gasteiger partial charge in [0.15, 0.2) is 10.9 Å². The van der Waals surface area contributed by atoms with Crippen molar-refractivity contribution in [1.82, 2.24) is 20.1 Å². The van der Waals surface area contributed by atoms with Crippen LogP contribution in [0.15, 0.2) is 58.3 Å². The number of nitrogens with zero attached hydrogens (tertiary/aromatic N) is 3. The highest BCUT2D eigenvalue weighted by Crippen LogP contribution is 2.25. The van der Waals surface area contributed by atoms with E-state index >= 15 is 0 Å². The summed E-state index contributed by atoms with van der Waals surface area (Å²) in [5.74, 6) is 0.0428. The van der Waals surface area contributed by atoms with Gasteiger partial charge in [-0.25, -0.2) is 0 Å². The first-order valence-corrected chi connectivity index (χ1v) is 8.88. The number of benzene rings is 1. The first-order valence-electron chi connectivity index (χ1n) is 7.89. The fourth-order valence-corrected chi connectivity index (χ4v) is 3.04. The molecule has 0 fully saturated rings. The molecule has 10 heteroatoms. The third-order valence-electron chi connectivity index (χ3n) is 3.46. The molecule has 1 N–H and O–H groups in total. The number of thioether (sulfide) groups is 1. The second kappa shape index (κ2) is 8.30. The summed E-state index contributed by atoms with van der Waals surface area (Å²) < 4.78 is 43.7. The van der Waals surface area contributed by atoms with Crippen LogP contribution in [0, 0.1) is 0 Å². The van der Waals surface area contributed by atoms with Crippen LogP contribution >= 0.6 is 11.8 Å². The van der Waals surface area contributed by atoms with E-state index in [1.807, 2.05) is 35.6 Å². The largest absolute Gasteiger partial charge is 0.461 e. The van der Waals surface area contributed by atoms with E-state index in [1.165, 1.54) is 6.26 Å². The molecule has 6 nitrogen and oxygen atoms in total. The lowest BCUT2D eigenvalue weighted by Gasteiger charge is -2.10. The Morgan fingerprint density at radius 3 is 2.59 bits per heavy atom.